The summed E-state index contributed by atoms with van der Waals surface area (Å²) >= 11 is 0. The van der Waals surface area contributed by atoms with Gasteiger partial charge in [-0.15, -0.1) is 0 Å². The number of hydrogen-bond acceptors (Lipinski definition) is 1. The number of nitrogens with zero attached hydrogens (tertiary/aromatic N) is 1. The van der Waals surface area contributed by atoms with Crippen LogP contribution < -0.4 is 4.90 Å². The topological polar surface area (TPSA) is 3.24 Å². The van der Waals surface area contributed by atoms with E-state index in [2.05, 4.69) is 183 Å². The second-order valence-electron chi connectivity index (χ2n) is 12.9. The van der Waals surface area contributed by atoms with Crippen LogP contribution in [0.1, 0.15) is 25.0 Å². The second kappa shape index (κ2) is 10.2. The van der Waals surface area contributed by atoms with Gasteiger partial charge in [-0.3, -0.25) is 0 Å². The average molecular weight is 588 g/mol. The molecule has 8 aromatic carbocycles. The van der Waals surface area contributed by atoms with Crippen LogP contribution in [0.3, 0.4) is 0 Å². The van der Waals surface area contributed by atoms with E-state index < -0.39 is 0 Å². The van der Waals surface area contributed by atoms with Crippen molar-refractivity contribution < 1.29 is 0 Å². The number of rotatable bonds is 4. The Hall–Kier alpha value is -5.66. The first-order valence-corrected chi connectivity index (χ1v) is 16.1. The van der Waals surface area contributed by atoms with Crippen molar-refractivity contribution in [2.24, 2.45) is 0 Å². The summed E-state index contributed by atoms with van der Waals surface area (Å²) in [5, 5.41) is 7.59. The molecule has 0 bridgehead atoms. The molecule has 46 heavy (non-hydrogen) atoms. The molecule has 0 aliphatic heterocycles. The van der Waals surface area contributed by atoms with Crippen LogP contribution in [0.2, 0.25) is 0 Å². The van der Waals surface area contributed by atoms with Crippen molar-refractivity contribution in [2.75, 3.05) is 4.90 Å². The molecule has 1 nitrogen and oxygen atoms in total. The summed E-state index contributed by atoms with van der Waals surface area (Å²) in [5.74, 6) is 0. The van der Waals surface area contributed by atoms with Gasteiger partial charge in [-0.05, 0) is 85.3 Å². The summed E-state index contributed by atoms with van der Waals surface area (Å²) in [5.41, 5.74) is 11.5. The van der Waals surface area contributed by atoms with Crippen LogP contribution in [-0.2, 0) is 5.41 Å². The van der Waals surface area contributed by atoms with Gasteiger partial charge in [-0.2, -0.15) is 0 Å². The average Bonchev–Trinajstić information content (AvgIpc) is 3.35. The molecule has 9 rings (SSSR count). The van der Waals surface area contributed by atoms with Gasteiger partial charge in [0.15, 0.2) is 0 Å². The van der Waals surface area contributed by atoms with Crippen molar-refractivity contribution in [1.29, 1.82) is 0 Å². The normalized spacial score (nSPS) is 13.2. The largest absolute Gasteiger partial charge is 0.309 e. The van der Waals surface area contributed by atoms with Crippen molar-refractivity contribution in [1.82, 2.24) is 0 Å². The Morgan fingerprint density at radius 1 is 0.370 bits per heavy atom. The van der Waals surface area contributed by atoms with Gasteiger partial charge in [0.05, 0.1) is 5.69 Å². The Morgan fingerprint density at radius 2 is 0.804 bits per heavy atom. The summed E-state index contributed by atoms with van der Waals surface area (Å²) in [6, 6.07) is 60.0. The molecule has 0 unspecified atom stereocenters. The maximum Gasteiger partial charge on any atom is 0.0618 e. The van der Waals surface area contributed by atoms with Crippen LogP contribution in [0.5, 0.6) is 0 Å². The van der Waals surface area contributed by atoms with Gasteiger partial charge in [-0.1, -0.05) is 147 Å². The van der Waals surface area contributed by atoms with Crippen molar-refractivity contribution >= 4 is 49.4 Å². The van der Waals surface area contributed by atoms with E-state index in [9.17, 15) is 0 Å². The summed E-state index contributed by atoms with van der Waals surface area (Å²) in [6.07, 6.45) is 0. The van der Waals surface area contributed by atoms with Crippen LogP contribution in [0.4, 0.5) is 17.1 Å². The first-order valence-electron chi connectivity index (χ1n) is 16.1. The number of para-hydroxylation sites is 2. The smallest absolute Gasteiger partial charge is 0.0618 e. The van der Waals surface area contributed by atoms with E-state index in [1.165, 1.54) is 71.4 Å². The lowest BCUT2D eigenvalue weighted by atomic mass is 9.79. The molecule has 218 valence electrons. The molecule has 0 saturated heterocycles. The molecule has 1 aliphatic rings. The highest BCUT2D eigenvalue weighted by molar-refractivity contribution is 6.25. The summed E-state index contributed by atoms with van der Waals surface area (Å²) in [4.78, 5) is 2.43. The van der Waals surface area contributed by atoms with Gasteiger partial charge in [0.2, 0.25) is 0 Å². The van der Waals surface area contributed by atoms with E-state index in [4.69, 9.17) is 0 Å². The van der Waals surface area contributed by atoms with E-state index in [0.717, 1.165) is 11.4 Å². The number of benzene rings is 8. The highest BCUT2D eigenvalue weighted by Gasteiger charge is 2.37. The molecule has 1 aliphatic carbocycles. The zero-order valence-corrected chi connectivity index (χ0v) is 26.0. The Labute approximate surface area is 270 Å². The molecule has 0 radical (unpaired) electrons. The molecular formula is C45H33N. The van der Waals surface area contributed by atoms with Crippen LogP contribution in [0.25, 0.3) is 54.6 Å². The van der Waals surface area contributed by atoms with Gasteiger partial charge in [0.25, 0.3) is 0 Å². The predicted molar refractivity (Wildman–Crippen MR) is 197 cm³/mol. The third-order valence-corrected chi connectivity index (χ3v) is 10.0. The van der Waals surface area contributed by atoms with Crippen LogP contribution in [-0.4, -0.2) is 0 Å². The maximum atomic E-state index is 2.51. The molecule has 1 heteroatoms. The molecule has 0 amide bonds. The van der Waals surface area contributed by atoms with Gasteiger partial charge in [0, 0.05) is 27.6 Å². The predicted octanol–water partition coefficient (Wildman–Crippen LogP) is 12.6. The molecule has 0 atom stereocenters. The molecule has 8 aromatic rings. The van der Waals surface area contributed by atoms with Gasteiger partial charge < -0.3 is 4.90 Å². The standard InChI is InChI=1S/C45H33N/c1-45(2)40-28-16-15-27-38(40)43-33-22-10-9-21-32(33)39(29-41(43)45)42-34-23-11-13-25-36(34)44(37-26-14-12-24-35(37)42)46(30-17-5-3-6-18-30)31-19-7-4-8-20-31/h3-29H,1-2H3. The summed E-state index contributed by atoms with van der Waals surface area (Å²) in [7, 11) is 0. The van der Waals surface area contributed by atoms with Crippen molar-refractivity contribution in [2.45, 2.75) is 19.3 Å². The lowest BCUT2D eigenvalue weighted by Crippen LogP contribution is -2.15. The first kappa shape index (κ1) is 26.7. The minimum atomic E-state index is -0.103. The minimum absolute atomic E-state index is 0.103. The van der Waals surface area contributed by atoms with E-state index >= 15 is 0 Å². The summed E-state index contributed by atoms with van der Waals surface area (Å²) in [6.45, 7) is 4.76. The fourth-order valence-electron chi connectivity index (χ4n) is 7.95. The van der Waals surface area contributed by atoms with Gasteiger partial charge >= 0.3 is 0 Å². The summed E-state index contributed by atoms with van der Waals surface area (Å²) < 4.78 is 0. The monoisotopic (exact) mass is 587 g/mol. The van der Waals surface area contributed by atoms with E-state index in [-0.39, 0.29) is 5.41 Å². The SMILES string of the molecule is CC1(C)c2ccccc2-c2c1cc(-c1c3ccccc3c(N(c3ccccc3)c3ccccc3)c3ccccc13)c1ccccc21. The van der Waals surface area contributed by atoms with Crippen LogP contribution in [0, 0.1) is 0 Å². The molecular weight excluding hydrogens is 555 g/mol. The van der Waals surface area contributed by atoms with E-state index in [1.807, 2.05) is 0 Å². The van der Waals surface area contributed by atoms with Crippen molar-refractivity contribution in [3.8, 4) is 22.3 Å². The number of anilines is 3. The number of fused-ring (bicyclic) bond motifs is 7. The molecule has 0 heterocycles. The zero-order valence-electron chi connectivity index (χ0n) is 26.0. The number of hydrogen-bond donors (Lipinski definition) is 0. The second-order valence-corrected chi connectivity index (χ2v) is 12.9. The van der Waals surface area contributed by atoms with Gasteiger partial charge in [0.1, 0.15) is 0 Å². The third-order valence-electron chi connectivity index (χ3n) is 10.0. The highest BCUT2D eigenvalue weighted by Crippen LogP contribution is 2.55. The van der Waals surface area contributed by atoms with E-state index in [1.54, 1.807) is 0 Å². The lowest BCUT2D eigenvalue weighted by molar-refractivity contribution is 0.661. The Bertz CT molecular complexity index is 2340. The third kappa shape index (κ3) is 3.82. The molecule has 0 aromatic heterocycles. The Balaban J connectivity index is 1.43. The highest BCUT2D eigenvalue weighted by atomic mass is 15.1. The quantitative estimate of drug-likeness (QED) is 0.185. The van der Waals surface area contributed by atoms with Crippen molar-refractivity contribution in [3.63, 3.8) is 0 Å². The molecule has 0 spiro atoms. The Kier molecular flexibility index (Phi) is 5.92. The first-order chi connectivity index (χ1) is 22.6. The fourth-order valence-corrected chi connectivity index (χ4v) is 7.95. The fraction of sp³-hybridized carbons (Fsp3) is 0.0667. The van der Waals surface area contributed by atoms with Gasteiger partial charge in [-0.25, -0.2) is 0 Å². The zero-order chi connectivity index (χ0) is 30.8. The van der Waals surface area contributed by atoms with E-state index in [0.29, 0.717) is 0 Å². The van der Waals surface area contributed by atoms with Crippen LogP contribution >= 0.6 is 0 Å². The molecule has 0 fully saturated rings. The minimum Gasteiger partial charge on any atom is -0.309 e. The van der Waals surface area contributed by atoms with Crippen LogP contribution in [0.15, 0.2) is 164 Å². The van der Waals surface area contributed by atoms with Crippen molar-refractivity contribution in [3.05, 3.63) is 175 Å². The molecule has 0 saturated carbocycles. The lowest BCUT2D eigenvalue weighted by Gasteiger charge is -2.30. The maximum absolute atomic E-state index is 2.51. The molecule has 0 N–H and O–H groups in total. The Morgan fingerprint density at radius 3 is 1.37 bits per heavy atom.